The van der Waals surface area contributed by atoms with Crippen molar-refractivity contribution in [3.8, 4) is 11.4 Å². The van der Waals surface area contributed by atoms with E-state index in [1.165, 1.54) is 24.9 Å². The van der Waals surface area contributed by atoms with Crippen LogP contribution in [0.15, 0.2) is 60.9 Å². The van der Waals surface area contributed by atoms with E-state index in [1.807, 2.05) is 25.1 Å². The Morgan fingerprint density at radius 1 is 1.09 bits per heavy atom. The first-order valence-corrected chi connectivity index (χ1v) is 12.6. The van der Waals surface area contributed by atoms with Gasteiger partial charge in [0, 0.05) is 35.4 Å². The Morgan fingerprint density at radius 3 is 2.49 bits per heavy atom. The van der Waals surface area contributed by atoms with Gasteiger partial charge in [-0.2, -0.15) is 0 Å². The molecule has 2 saturated carbocycles. The summed E-state index contributed by atoms with van der Waals surface area (Å²) in [6.45, 7) is 1.96. The molecular weight excluding hydrogens is 438 g/mol. The Morgan fingerprint density at radius 2 is 1.83 bits per heavy atom. The molecule has 2 heterocycles. The lowest BCUT2D eigenvalue weighted by Gasteiger charge is -2.42. The van der Waals surface area contributed by atoms with Crippen LogP contribution in [-0.4, -0.2) is 28.2 Å². The second-order valence-corrected chi connectivity index (χ2v) is 10.0. The maximum atomic E-state index is 12.3. The van der Waals surface area contributed by atoms with Crippen molar-refractivity contribution in [3.63, 3.8) is 0 Å². The molecule has 2 unspecified atom stereocenters. The molecule has 0 saturated heterocycles. The number of nitrogens with one attached hydrogen (secondary N) is 1. The van der Waals surface area contributed by atoms with E-state index >= 15 is 0 Å². The van der Waals surface area contributed by atoms with E-state index in [9.17, 15) is 4.79 Å². The van der Waals surface area contributed by atoms with E-state index in [0.717, 1.165) is 41.0 Å². The van der Waals surface area contributed by atoms with E-state index in [1.54, 1.807) is 12.4 Å². The fraction of sp³-hybridized carbons (Fsp3) is 0.393. The molecule has 7 heteroatoms. The molecule has 1 amide bonds. The van der Waals surface area contributed by atoms with Crippen molar-refractivity contribution in [2.45, 2.75) is 63.3 Å². The Labute approximate surface area is 205 Å². The summed E-state index contributed by atoms with van der Waals surface area (Å²) in [7, 11) is 0. The predicted octanol–water partition coefficient (Wildman–Crippen LogP) is 5.60. The molecule has 3 aromatic rings. The van der Waals surface area contributed by atoms with Crippen LogP contribution in [0.2, 0.25) is 0 Å². The summed E-state index contributed by atoms with van der Waals surface area (Å²) >= 11 is 0. The first kappa shape index (κ1) is 22.0. The summed E-state index contributed by atoms with van der Waals surface area (Å²) in [4.78, 5) is 23.6. The molecule has 1 aromatic heterocycles. The lowest BCUT2D eigenvalue weighted by atomic mass is 9.89. The van der Waals surface area contributed by atoms with Crippen molar-refractivity contribution in [3.05, 3.63) is 72.1 Å². The van der Waals surface area contributed by atoms with Crippen molar-refractivity contribution in [1.29, 1.82) is 0 Å². The van der Waals surface area contributed by atoms with Gasteiger partial charge >= 0.3 is 6.09 Å². The molecular formula is C28H31N5O2. The van der Waals surface area contributed by atoms with Gasteiger partial charge in [-0.1, -0.05) is 24.3 Å². The summed E-state index contributed by atoms with van der Waals surface area (Å²) < 4.78 is 5.50. The van der Waals surface area contributed by atoms with Crippen LogP contribution in [0.1, 0.15) is 62.2 Å². The maximum Gasteiger partial charge on any atom is 0.411 e. The molecule has 180 valence electrons. The first-order valence-electron chi connectivity index (χ1n) is 12.6. The highest BCUT2D eigenvalue weighted by molar-refractivity contribution is 5.84. The number of nitrogens with two attached hydrogens (primary N) is 1. The van der Waals surface area contributed by atoms with E-state index in [0.29, 0.717) is 12.0 Å². The number of carbonyl (C=O) groups is 1. The van der Waals surface area contributed by atoms with Gasteiger partial charge in [-0.3, -0.25) is 5.32 Å². The number of amides is 1. The van der Waals surface area contributed by atoms with E-state index in [-0.39, 0.29) is 18.2 Å². The molecule has 0 spiro atoms. The van der Waals surface area contributed by atoms with Crippen LogP contribution in [0, 0.1) is 5.92 Å². The van der Waals surface area contributed by atoms with Gasteiger partial charge in [0.1, 0.15) is 6.10 Å². The van der Waals surface area contributed by atoms with Gasteiger partial charge in [-0.25, -0.2) is 14.8 Å². The highest BCUT2D eigenvalue weighted by atomic mass is 16.6. The number of ether oxygens (including phenoxy) is 1. The SMILES string of the molecule is C[C@@H](OC(=O)Nc1ccc(C2C(N)c3ccc(-c4ncccn4)cc3N2C2CCC2)cc1)C1CC1. The number of nitrogens with zero attached hydrogens (tertiary/aromatic N) is 3. The molecule has 2 fully saturated rings. The lowest BCUT2D eigenvalue weighted by molar-refractivity contribution is 0.108. The van der Waals surface area contributed by atoms with E-state index in [4.69, 9.17) is 10.5 Å². The zero-order valence-corrected chi connectivity index (χ0v) is 19.9. The lowest BCUT2D eigenvalue weighted by Crippen LogP contribution is -2.42. The molecule has 7 nitrogen and oxygen atoms in total. The maximum absolute atomic E-state index is 12.3. The van der Waals surface area contributed by atoms with Crippen LogP contribution in [0.4, 0.5) is 16.2 Å². The van der Waals surface area contributed by atoms with Gasteiger partial charge < -0.3 is 15.4 Å². The molecule has 3 atom stereocenters. The normalized spacial score (nSPS) is 22.3. The zero-order chi connectivity index (χ0) is 23.9. The number of aromatic nitrogens is 2. The van der Waals surface area contributed by atoms with Crippen LogP contribution in [0.5, 0.6) is 0 Å². The van der Waals surface area contributed by atoms with Crippen LogP contribution in [0.3, 0.4) is 0 Å². The fourth-order valence-corrected chi connectivity index (χ4v) is 5.33. The summed E-state index contributed by atoms with van der Waals surface area (Å²) in [5, 5.41) is 2.86. The number of anilines is 2. The zero-order valence-electron chi connectivity index (χ0n) is 19.9. The highest BCUT2D eigenvalue weighted by Crippen LogP contribution is 2.51. The average molecular weight is 470 g/mol. The van der Waals surface area contributed by atoms with Crippen molar-refractivity contribution in [1.82, 2.24) is 9.97 Å². The number of fused-ring (bicyclic) bond motifs is 1. The van der Waals surface area contributed by atoms with Gasteiger partial charge in [0.05, 0.1) is 12.1 Å². The van der Waals surface area contributed by atoms with Crippen LogP contribution >= 0.6 is 0 Å². The topological polar surface area (TPSA) is 93.4 Å². The Balaban J connectivity index is 1.25. The second kappa shape index (κ2) is 8.96. The third-order valence-corrected chi connectivity index (χ3v) is 7.68. The average Bonchev–Trinajstić information content (AvgIpc) is 3.65. The molecule has 2 aliphatic carbocycles. The summed E-state index contributed by atoms with van der Waals surface area (Å²) in [6, 6.07) is 16.6. The van der Waals surface area contributed by atoms with Gasteiger partial charge in [0.15, 0.2) is 5.82 Å². The molecule has 35 heavy (non-hydrogen) atoms. The largest absolute Gasteiger partial charge is 0.446 e. The van der Waals surface area contributed by atoms with Gasteiger partial charge in [0.25, 0.3) is 0 Å². The molecule has 0 bridgehead atoms. The van der Waals surface area contributed by atoms with Crippen molar-refractivity contribution < 1.29 is 9.53 Å². The molecule has 6 rings (SSSR count). The minimum atomic E-state index is -0.395. The summed E-state index contributed by atoms with van der Waals surface area (Å²) in [5.41, 5.74) is 12.1. The van der Waals surface area contributed by atoms with Gasteiger partial charge in [-0.05, 0) is 80.3 Å². The molecule has 3 N–H and O–H groups in total. The molecule has 0 radical (unpaired) electrons. The quantitative estimate of drug-likeness (QED) is 0.488. The van der Waals surface area contributed by atoms with Crippen LogP contribution in [0.25, 0.3) is 11.4 Å². The number of hydrogen-bond acceptors (Lipinski definition) is 6. The number of hydrogen-bond donors (Lipinski definition) is 2. The minimum Gasteiger partial charge on any atom is -0.446 e. The third-order valence-electron chi connectivity index (χ3n) is 7.68. The summed E-state index contributed by atoms with van der Waals surface area (Å²) in [5.74, 6) is 1.24. The second-order valence-electron chi connectivity index (χ2n) is 10.0. The number of carbonyl (C=O) groups excluding carboxylic acids is 1. The van der Waals surface area contributed by atoms with Gasteiger partial charge in [0.2, 0.25) is 0 Å². The standard InChI is InChI=1S/C28H31N5O2/c1-17(18-6-7-18)35-28(34)32-21-11-8-19(9-12-21)26-25(29)23-13-10-20(27-30-14-3-15-31-27)16-24(23)33(26)22-4-2-5-22/h3,8-18,22,25-26H,2,4-7,29H2,1H3,(H,32,34)/t17-,25?,26?/m1/s1. The smallest absolute Gasteiger partial charge is 0.411 e. The summed E-state index contributed by atoms with van der Waals surface area (Å²) in [6.07, 6.45) is 8.97. The molecule has 2 aromatic carbocycles. The van der Waals surface area contributed by atoms with Crippen LogP contribution in [-0.2, 0) is 4.74 Å². The number of benzene rings is 2. The Bertz CT molecular complexity index is 1210. The Kier molecular flexibility index (Phi) is 5.65. The highest BCUT2D eigenvalue weighted by Gasteiger charge is 2.42. The van der Waals surface area contributed by atoms with E-state index in [2.05, 4.69) is 50.5 Å². The minimum absolute atomic E-state index is 0.0357. The van der Waals surface area contributed by atoms with Crippen LogP contribution < -0.4 is 16.0 Å². The van der Waals surface area contributed by atoms with Crippen molar-refractivity contribution >= 4 is 17.5 Å². The third kappa shape index (κ3) is 4.25. The monoisotopic (exact) mass is 469 g/mol. The number of rotatable bonds is 6. The molecule has 3 aliphatic rings. The first-order chi connectivity index (χ1) is 17.1. The fourth-order valence-electron chi connectivity index (χ4n) is 5.33. The van der Waals surface area contributed by atoms with Crippen molar-refractivity contribution in [2.75, 3.05) is 10.2 Å². The van der Waals surface area contributed by atoms with Gasteiger partial charge in [-0.15, -0.1) is 0 Å². The molecule has 1 aliphatic heterocycles. The van der Waals surface area contributed by atoms with Crippen molar-refractivity contribution in [2.24, 2.45) is 11.7 Å². The van der Waals surface area contributed by atoms with E-state index < -0.39 is 6.09 Å². The predicted molar refractivity (Wildman–Crippen MR) is 136 cm³/mol. The Hall–Kier alpha value is -3.45.